The maximum atomic E-state index is 9.33. The fourth-order valence-corrected chi connectivity index (χ4v) is 0.584. The Bertz CT molecular complexity index is 82.8. The second-order valence-electron chi connectivity index (χ2n) is 2.05. The van der Waals surface area contributed by atoms with E-state index in [0.717, 1.165) is 32.6 Å². The molecule has 0 atom stereocenters. The molecule has 64 valence electrons. The lowest BCUT2D eigenvalue weighted by atomic mass is 10.5. The summed E-state index contributed by atoms with van der Waals surface area (Å²) in [6.07, 6.45) is 2.85. The summed E-state index contributed by atoms with van der Waals surface area (Å²) >= 11 is 0. The van der Waals surface area contributed by atoms with Crippen LogP contribution in [0.2, 0.25) is 0 Å². The molecule has 1 saturated heterocycles. The number of carbonyl (C=O) groups excluding carboxylic acids is 1. The first-order chi connectivity index (χ1) is 5.41. The predicted molar refractivity (Wildman–Crippen MR) is 44.6 cm³/mol. The molecule has 3 heteroatoms. The normalized spacial score (nSPS) is 16.0. The topological polar surface area (TPSA) is 38.3 Å². The minimum absolute atomic E-state index is 0.472. The molecule has 0 aliphatic carbocycles. The zero-order valence-electron chi connectivity index (χ0n) is 6.71. The Morgan fingerprint density at radius 3 is 2.18 bits per heavy atom. The highest BCUT2D eigenvalue weighted by atomic mass is 16.5. The van der Waals surface area contributed by atoms with Crippen LogP contribution in [0, 0.1) is 0 Å². The van der Waals surface area contributed by atoms with E-state index in [0.29, 0.717) is 6.42 Å². The van der Waals surface area contributed by atoms with Gasteiger partial charge in [0.25, 0.3) is 0 Å². The fourth-order valence-electron chi connectivity index (χ4n) is 0.584. The summed E-state index contributed by atoms with van der Waals surface area (Å²) in [5.74, 6) is 0. The molecule has 0 amide bonds. The highest BCUT2D eigenvalue weighted by molar-refractivity contribution is 5.51. The summed E-state index contributed by atoms with van der Waals surface area (Å²) in [5.41, 5.74) is 0. The van der Waals surface area contributed by atoms with Crippen LogP contribution in [0.4, 0.5) is 0 Å². The molecule has 0 aromatic heterocycles. The Balaban J connectivity index is 0.000000187. The van der Waals surface area contributed by atoms with E-state index in [-0.39, 0.29) is 0 Å². The van der Waals surface area contributed by atoms with Crippen molar-refractivity contribution in [3.05, 3.63) is 12.7 Å². The number of carbonyl (C=O) groups is 1. The van der Waals surface area contributed by atoms with Crippen LogP contribution in [-0.2, 0) is 9.53 Å². The largest absolute Gasteiger partial charge is 0.379 e. The highest BCUT2D eigenvalue weighted by Crippen LogP contribution is 1.76. The van der Waals surface area contributed by atoms with Crippen LogP contribution >= 0.6 is 0 Å². The second kappa shape index (κ2) is 9.33. The molecule has 1 aliphatic heterocycles. The summed E-state index contributed by atoms with van der Waals surface area (Å²) in [6.45, 7) is 7.15. The van der Waals surface area contributed by atoms with Crippen molar-refractivity contribution in [2.24, 2.45) is 0 Å². The van der Waals surface area contributed by atoms with Gasteiger partial charge in [0, 0.05) is 19.5 Å². The Morgan fingerprint density at radius 1 is 1.45 bits per heavy atom. The molecule has 0 aromatic carbocycles. The SMILES string of the molecule is C1COCCN1.C=CCC=O. The fraction of sp³-hybridized carbons (Fsp3) is 0.625. The first kappa shape index (κ1) is 10.3. The molecule has 0 saturated carbocycles. The Kier molecular flexibility index (Phi) is 8.76. The van der Waals surface area contributed by atoms with Gasteiger partial charge in [-0.2, -0.15) is 0 Å². The monoisotopic (exact) mass is 157 g/mol. The van der Waals surface area contributed by atoms with Crippen molar-refractivity contribution >= 4 is 6.29 Å². The van der Waals surface area contributed by atoms with Gasteiger partial charge in [-0.25, -0.2) is 0 Å². The Hall–Kier alpha value is -0.670. The summed E-state index contributed by atoms with van der Waals surface area (Å²) in [4.78, 5) is 9.33. The molecule has 0 bridgehead atoms. The van der Waals surface area contributed by atoms with Crippen molar-refractivity contribution in [1.82, 2.24) is 5.32 Å². The molecule has 1 rings (SSSR count). The first-order valence-electron chi connectivity index (χ1n) is 3.74. The number of ether oxygens (including phenoxy) is 1. The van der Waals surface area contributed by atoms with Crippen molar-refractivity contribution in [2.75, 3.05) is 26.3 Å². The van der Waals surface area contributed by atoms with E-state index in [1.54, 1.807) is 6.08 Å². The summed E-state index contributed by atoms with van der Waals surface area (Å²) < 4.78 is 5.01. The molecule has 1 N–H and O–H groups in total. The van der Waals surface area contributed by atoms with E-state index in [1.807, 2.05) is 0 Å². The Morgan fingerprint density at radius 2 is 2.09 bits per heavy atom. The zero-order valence-corrected chi connectivity index (χ0v) is 6.71. The average Bonchev–Trinajstić information content (AvgIpc) is 2.10. The number of hydrogen-bond acceptors (Lipinski definition) is 3. The lowest BCUT2D eigenvalue weighted by molar-refractivity contribution is -0.107. The molecule has 1 aliphatic rings. The minimum Gasteiger partial charge on any atom is -0.379 e. The summed E-state index contributed by atoms with van der Waals surface area (Å²) in [5, 5.41) is 3.16. The van der Waals surface area contributed by atoms with Crippen LogP contribution in [0.3, 0.4) is 0 Å². The number of morpholine rings is 1. The molecule has 0 aromatic rings. The maximum absolute atomic E-state index is 9.33. The average molecular weight is 157 g/mol. The number of aldehydes is 1. The van der Waals surface area contributed by atoms with Gasteiger partial charge in [-0.1, -0.05) is 6.08 Å². The molecular weight excluding hydrogens is 142 g/mol. The number of allylic oxidation sites excluding steroid dienone is 1. The first-order valence-corrected chi connectivity index (χ1v) is 3.74. The summed E-state index contributed by atoms with van der Waals surface area (Å²) in [7, 11) is 0. The van der Waals surface area contributed by atoms with E-state index < -0.39 is 0 Å². The van der Waals surface area contributed by atoms with Gasteiger partial charge in [0.15, 0.2) is 0 Å². The number of nitrogens with one attached hydrogen (secondary N) is 1. The van der Waals surface area contributed by atoms with Gasteiger partial charge in [-0.3, -0.25) is 0 Å². The van der Waals surface area contributed by atoms with Gasteiger partial charge < -0.3 is 14.8 Å². The smallest absolute Gasteiger partial charge is 0.123 e. The number of hydrogen-bond donors (Lipinski definition) is 1. The van der Waals surface area contributed by atoms with Crippen LogP contribution in [0.1, 0.15) is 6.42 Å². The molecule has 0 radical (unpaired) electrons. The highest BCUT2D eigenvalue weighted by Gasteiger charge is 1.92. The lowest BCUT2D eigenvalue weighted by Gasteiger charge is -2.10. The van der Waals surface area contributed by atoms with Gasteiger partial charge in [-0.05, 0) is 0 Å². The van der Waals surface area contributed by atoms with Gasteiger partial charge in [0.2, 0.25) is 0 Å². The molecule has 11 heavy (non-hydrogen) atoms. The Labute approximate surface area is 67.4 Å². The maximum Gasteiger partial charge on any atom is 0.123 e. The van der Waals surface area contributed by atoms with Crippen LogP contribution < -0.4 is 5.32 Å². The lowest BCUT2D eigenvalue weighted by Crippen LogP contribution is -2.30. The van der Waals surface area contributed by atoms with Crippen molar-refractivity contribution < 1.29 is 9.53 Å². The standard InChI is InChI=1S/C4H9NO.C4H6O/c1-3-6-4-2-5-1;1-2-3-4-5/h5H,1-4H2;2,4H,1,3H2. The van der Waals surface area contributed by atoms with Gasteiger partial charge in [0.05, 0.1) is 13.2 Å². The summed E-state index contributed by atoms with van der Waals surface area (Å²) in [6, 6.07) is 0. The molecule has 1 heterocycles. The molecule has 1 fully saturated rings. The van der Waals surface area contributed by atoms with Crippen LogP contribution in [0.15, 0.2) is 12.7 Å². The van der Waals surface area contributed by atoms with E-state index in [1.165, 1.54) is 0 Å². The quantitative estimate of drug-likeness (QED) is 0.465. The zero-order chi connectivity index (χ0) is 8.36. The molecule has 0 spiro atoms. The second-order valence-corrected chi connectivity index (χ2v) is 2.05. The molecule has 3 nitrogen and oxygen atoms in total. The predicted octanol–water partition coefficient (Wildman–Crippen LogP) is 0.368. The van der Waals surface area contributed by atoms with Crippen molar-refractivity contribution in [3.8, 4) is 0 Å². The van der Waals surface area contributed by atoms with E-state index in [2.05, 4.69) is 11.9 Å². The third-order valence-electron chi connectivity index (χ3n) is 1.11. The molecular formula is C8H15NO2. The van der Waals surface area contributed by atoms with Gasteiger partial charge in [0.1, 0.15) is 6.29 Å². The van der Waals surface area contributed by atoms with E-state index in [4.69, 9.17) is 4.74 Å². The van der Waals surface area contributed by atoms with Gasteiger partial charge >= 0.3 is 0 Å². The van der Waals surface area contributed by atoms with Gasteiger partial charge in [-0.15, -0.1) is 6.58 Å². The van der Waals surface area contributed by atoms with Crippen molar-refractivity contribution in [1.29, 1.82) is 0 Å². The third-order valence-corrected chi connectivity index (χ3v) is 1.11. The van der Waals surface area contributed by atoms with Crippen LogP contribution in [0.5, 0.6) is 0 Å². The third kappa shape index (κ3) is 9.33. The van der Waals surface area contributed by atoms with E-state index >= 15 is 0 Å². The van der Waals surface area contributed by atoms with E-state index in [9.17, 15) is 4.79 Å². The van der Waals surface area contributed by atoms with Crippen molar-refractivity contribution in [2.45, 2.75) is 6.42 Å². The van der Waals surface area contributed by atoms with Crippen molar-refractivity contribution in [3.63, 3.8) is 0 Å². The number of rotatable bonds is 2. The minimum atomic E-state index is 0.472. The molecule has 0 unspecified atom stereocenters. The van der Waals surface area contributed by atoms with Crippen LogP contribution in [0.25, 0.3) is 0 Å². The van der Waals surface area contributed by atoms with Crippen LogP contribution in [-0.4, -0.2) is 32.6 Å².